The van der Waals surface area contributed by atoms with Crippen molar-refractivity contribution >= 4 is 11.6 Å². The fourth-order valence-electron chi connectivity index (χ4n) is 2.61. The summed E-state index contributed by atoms with van der Waals surface area (Å²) in [7, 11) is 0. The molecule has 0 saturated heterocycles. The molecule has 0 saturated carbocycles. The summed E-state index contributed by atoms with van der Waals surface area (Å²) in [5.74, 6) is 0. The Balaban J connectivity index is 2.68. The Morgan fingerprint density at radius 3 is 2.45 bits per heavy atom. The summed E-state index contributed by atoms with van der Waals surface area (Å²) < 4.78 is 2.07. The molecule has 3 nitrogen and oxygen atoms in total. The van der Waals surface area contributed by atoms with Crippen LogP contribution < -0.4 is 5.32 Å². The van der Waals surface area contributed by atoms with Crippen molar-refractivity contribution in [3.63, 3.8) is 0 Å². The molecule has 1 N–H and O–H groups in total. The van der Waals surface area contributed by atoms with Gasteiger partial charge in [-0.25, -0.2) is 0 Å². The van der Waals surface area contributed by atoms with Gasteiger partial charge in [-0.1, -0.05) is 38.8 Å². The molecule has 1 aromatic rings. The lowest BCUT2D eigenvalue weighted by Gasteiger charge is -2.18. The Morgan fingerprint density at radius 1 is 1.15 bits per heavy atom. The quantitative estimate of drug-likeness (QED) is 0.701. The van der Waals surface area contributed by atoms with Crippen molar-refractivity contribution in [2.75, 3.05) is 6.54 Å². The summed E-state index contributed by atoms with van der Waals surface area (Å²) in [5, 5.41) is 9.13. The van der Waals surface area contributed by atoms with E-state index in [1.807, 2.05) is 0 Å². The summed E-state index contributed by atoms with van der Waals surface area (Å²) in [6, 6.07) is 0.598. The summed E-state index contributed by atoms with van der Waals surface area (Å²) in [5.41, 5.74) is 2.25. The maximum Gasteiger partial charge on any atom is 0.0849 e. The average molecular weight is 300 g/mol. The van der Waals surface area contributed by atoms with Crippen LogP contribution in [0.4, 0.5) is 0 Å². The minimum Gasteiger partial charge on any atom is -0.314 e. The van der Waals surface area contributed by atoms with E-state index >= 15 is 0 Å². The molecule has 1 unspecified atom stereocenters. The van der Waals surface area contributed by atoms with E-state index < -0.39 is 0 Å². The van der Waals surface area contributed by atoms with Crippen molar-refractivity contribution in [3.05, 3.63) is 16.4 Å². The van der Waals surface area contributed by atoms with E-state index in [2.05, 4.69) is 42.8 Å². The van der Waals surface area contributed by atoms with E-state index in [-0.39, 0.29) is 0 Å². The first-order chi connectivity index (χ1) is 9.67. The second-order valence-electron chi connectivity index (χ2n) is 5.36. The number of halogens is 1. The minimum atomic E-state index is 0.598. The van der Waals surface area contributed by atoms with E-state index in [0.29, 0.717) is 6.04 Å². The Hall–Kier alpha value is -0.540. The van der Waals surface area contributed by atoms with Gasteiger partial charge in [-0.3, -0.25) is 4.68 Å². The number of rotatable bonds is 10. The molecule has 1 rings (SSSR count). The third-order valence-corrected chi connectivity index (χ3v) is 4.18. The van der Waals surface area contributed by atoms with Crippen LogP contribution >= 0.6 is 11.6 Å². The largest absolute Gasteiger partial charge is 0.314 e. The zero-order chi connectivity index (χ0) is 15.0. The van der Waals surface area contributed by atoms with Gasteiger partial charge in [0, 0.05) is 12.6 Å². The fraction of sp³-hybridized carbons (Fsp3) is 0.812. The first kappa shape index (κ1) is 17.5. The predicted molar refractivity (Wildman–Crippen MR) is 87.6 cm³/mol. The monoisotopic (exact) mass is 299 g/mol. The van der Waals surface area contributed by atoms with E-state index in [1.54, 1.807) is 0 Å². The Bertz CT molecular complexity index is 387. The average Bonchev–Trinajstić information content (AvgIpc) is 2.77. The van der Waals surface area contributed by atoms with Crippen LogP contribution in [0.5, 0.6) is 0 Å². The highest BCUT2D eigenvalue weighted by Crippen LogP contribution is 2.23. The molecule has 0 aromatic carbocycles. The maximum absolute atomic E-state index is 6.47. The van der Waals surface area contributed by atoms with Crippen LogP contribution in [0.2, 0.25) is 5.02 Å². The molecule has 0 aliphatic rings. The van der Waals surface area contributed by atoms with Gasteiger partial charge in [-0.05, 0) is 45.6 Å². The topological polar surface area (TPSA) is 29.9 Å². The molecule has 0 aliphatic heterocycles. The molecular weight excluding hydrogens is 270 g/mol. The lowest BCUT2D eigenvalue weighted by atomic mass is 10.0. The van der Waals surface area contributed by atoms with Gasteiger partial charge >= 0.3 is 0 Å². The molecule has 1 atom stereocenters. The molecule has 0 radical (unpaired) electrons. The molecule has 116 valence electrons. The number of hydrogen-bond acceptors (Lipinski definition) is 2. The van der Waals surface area contributed by atoms with E-state index in [9.17, 15) is 0 Å². The molecule has 0 spiro atoms. The summed E-state index contributed by atoms with van der Waals surface area (Å²) in [6.45, 7) is 10.7. The number of nitrogens with one attached hydrogen (secondary N) is 1. The van der Waals surface area contributed by atoms with Crippen LogP contribution in [-0.2, 0) is 19.4 Å². The molecular formula is C16H30ClN3. The first-order valence-corrected chi connectivity index (χ1v) is 8.52. The minimum absolute atomic E-state index is 0.598. The molecule has 20 heavy (non-hydrogen) atoms. The highest BCUT2D eigenvalue weighted by molar-refractivity contribution is 6.31. The first-order valence-electron chi connectivity index (χ1n) is 8.15. The van der Waals surface area contributed by atoms with Gasteiger partial charge in [0.2, 0.25) is 0 Å². The standard InChI is InChI=1S/C16H30ClN3/c1-5-9-13(18-12-6-2)10-11-15-16(17)14(7-3)19-20(15)8-4/h13,18H,5-12H2,1-4H3. The van der Waals surface area contributed by atoms with Crippen molar-refractivity contribution in [2.24, 2.45) is 0 Å². The lowest BCUT2D eigenvalue weighted by Crippen LogP contribution is -2.30. The van der Waals surface area contributed by atoms with Crippen LogP contribution in [0.3, 0.4) is 0 Å². The summed E-state index contributed by atoms with van der Waals surface area (Å²) in [4.78, 5) is 0. The van der Waals surface area contributed by atoms with Gasteiger partial charge in [-0.2, -0.15) is 5.10 Å². The third-order valence-electron chi connectivity index (χ3n) is 3.74. The number of aryl methyl sites for hydroxylation is 2. The lowest BCUT2D eigenvalue weighted by molar-refractivity contribution is 0.442. The Kier molecular flexibility index (Phi) is 8.24. The highest BCUT2D eigenvalue weighted by Gasteiger charge is 2.16. The van der Waals surface area contributed by atoms with Gasteiger partial charge in [0.25, 0.3) is 0 Å². The summed E-state index contributed by atoms with van der Waals surface area (Å²) >= 11 is 6.47. The van der Waals surface area contributed by atoms with Crippen molar-refractivity contribution in [1.29, 1.82) is 0 Å². The number of aromatic nitrogens is 2. The van der Waals surface area contributed by atoms with E-state index in [1.165, 1.54) is 25.0 Å². The zero-order valence-electron chi connectivity index (χ0n) is 13.5. The van der Waals surface area contributed by atoms with Gasteiger partial charge in [0.1, 0.15) is 0 Å². The van der Waals surface area contributed by atoms with Crippen LogP contribution in [0.25, 0.3) is 0 Å². The van der Waals surface area contributed by atoms with Crippen molar-refractivity contribution in [2.45, 2.75) is 78.8 Å². The van der Waals surface area contributed by atoms with Gasteiger partial charge in [-0.15, -0.1) is 0 Å². The van der Waals surface area contributed by atoms with Crippen LogP contribution in [0.15, 0.2) is 0 Å². The Morgan fingerprint density at radius 2 is 1.90 bits per heavy atom. The van der Waals surface area contributed by atoms with E-state index in [0.717, 1.165) is 43.1 Å². The normalized spacial score (nSPS) is 12.8. The predicted octanol–water partition coefficient (Wildman–Crippen LogP) is 4.22. The van der Waals surface area contributed by atoms with Crippen molar-refractivity contribution in [1.82, 2.24) is 15.1 Å². The van der Waals surface area contributed by atoms with Crippen molar-refractivity contribution in [3.8, 4) is 0 Å². The molecule has 4 heteroatoms. The SMILES string of the molecule is CCCNC(CCC)CCc1c(Cl)c(CC)nn1CC. The van der Waals surface area contributed by atoms with E-state index in [4.69, 9.17) is 11.6 Å². The van der Waals surface area contributed by atoms with Crippen LogP contribution in [0.1, 0.15) is 64.8 Å². The van der Waals surface area contributed by atoms with Crippen LogP contribution in [0, 0.1) is 0 Å². The van der Waals surface area contributed by atoms with Gasteiger partial charge < -0.3 is 5.32 Å². The number of hydrogen-bond donors (Lipinski definition) is 1. The fourth-order valence-corrected chi connectivity index (χ4v) is 2.98. The second kappa shape index (κ2) is 9.41. The number of nitrogens with zero attached hydrogens (tertiary/aromatic N) is 2. The molecule has 0 fully saturated rings. The molecule has 0 bridgehead atoms. The zero-order valence-corrected chi connectivity index (χ0v) is 14.3. The van der Waals surface area contributed by atoms with Gasteiger partial charge in [0.15, 0.2) is 0 Å². The smallest absolute Gasteiger partial charge is 0.0849 e. The highest BCUT2D eigenvalue weighted by atomic mass is 35.5. The maximum atomic E-state index is 6.47. The Labute approximate surface area is 129 Å². The van der Waals surface area contributed by atoms with Crippen molar-refractivity contribution < 1.29 is 0 Å². The van der Waals surface area contributed by atoms with Crippen LogP contribution in [-0.4, -0.2) is 22.4 Å². The summed E-state index contributed by atoms with van der Waals surface area (Å²) in [6.07, 6.45) is 6.71. The molecule has 1 aromatic heterocycles. The van der Waals surface area contributed by atoms with Gasteiger partial charge in [0.05, 0.1) is 16.4 Å². The molecule has 0 amide bonds. The molecule has 1 heterocycles. The third kappa shape index (κ3) is 4.78. The second-order valence-corrected chi connectivity index (χ2v) is 5.73. The molecule has 0 aliphatic carbocycles.